The number of nitrogens with zero attached hydrogens (tertiary/aromatic N) is 2. The minimum atomic E-state index is -1.69. The molecule has 28 heavy (non-hydrogen) atoms. The highest BCUT2D eigenvalue weighted by Crippen LogP contribution is 2.29. The molecule has 0 unspecified atom stereocenters. The van der Waals surface area contributed by atoms with Crippen LogP contribution in [0.15, 0.2) is 36.4 Å². The van der Waals surface area contributed by atoms with Crippen LogP contribution in [0.3, 0.4) is 0 Å². The number of hydrogen-bond acceptors (Lipinski definition) is 3. The van der Waals surface area contributed by atoms with Gasteiger partial charge in [0, 0.05) is 19.1 Å². The summed E-state index contributed by atoms with van der Waals surface area (Å²) in [5.41, 5.74) is 0.169. The zero-order valence-corrected chi connectivity index (χ0v) is 14.6. The molecule has 0 spiro atoms. The molecule has 2 aromatic carbocycles. The zero-order chi connectivity index (χ0) is 20.0. The van der Waals surface area contributed by atoms with E-state index in [1.807, 2.05) is 0 Å². The molecule has 1 saturated heterocycles. The van der Waals surface area contributed by atoms with Crippen molar-refractivity contribution in [3.63, 3.8) is 0 Å². The molecular formula is C20H15F3N2O3. The summed E-state index contributed by atoms with van der Waals surface area (Å²) in [6.07, 6.45) is 0.644. The third kappa shape index (κ3) is 2.76. The summed E-state index contributed by atoms with van der Waals surface area (Å²) in [5, 5.41) is 0. The predicted octanol–water partition coefficient (Wildman–Crippen LogP) is 3.00. The molecule has 4 rings (SSSR count). The molecule has 0 atom stereocenters. The van der Waals surface area contributed by atoms with E-state index in [0.717, 1.165) is 6.07 Å². The number of benzene rings is 2. The standard InChI is InChI=1S/C20H15F3N2O3/c21-15-6-5-14(16(22)17(15)23)18(26)24-9-7-11(8-10-24)25-19(27)12-3-1-2-4-13(12)20(25)28/h1-6,11H,7-10H2. The number of carbonyl (C=O) groups excluding carboxylic acids is 3. The number of imide groups is 1. The molecule has 144 valence electrons. The summed E-state index contributed by atoms with van der Waals surface area (Å²) < 4.78 is 40.3. The van der Waals surface area contributed by atoms with Crippen molar-refractivity contribution >= 4 is 17.7 Å². The van der Waals surface area contributed by atoms with Gasteiger partial charge in [-0.25, -0.2) is 13.2 Å². The Kier molecular flexibility index (Phi) is 4.41. The minimum Gasteiger partial charge on any atom is -0.338 e. The van der Waals surface area contributed by atoms with Crippen molar-refractivity contribution in [2.45, 2.75) is 18.9 Å². The van der Waals surface area contributed by atoms with Crippen LogP contribution in [0.4, 0.5) is 13.2 Å². The Morgan fingerprint density at radius 1 is 0.857 bits per heavy atom. The van der Waals surface area contributed by atoms with Crippen LogP contribution in [0.25, 0.3) is 0 Å². The van der Waals surface area contributed by atoms with E-state index < -0.39 is 28.9 Å². The molecule has 0 N–H and O–H groups in total. The van der Waals surface area contributed by atoms with Gasteiger partial charge in [-0.3, -0.25) is 19.3 Å². The lowest BCUT2D eigenvalue weighted by Crippen LogP contribution is -2.48. The molecule has 3 amide bonds. The number of rotatable bonds is 2. The molecule has 2 heterocycles. The number of hydrogen-bond donors (Lipinski definition) is 0. The molecule has 2 aliphatic heterocycles. The average Bonchev–Trinajstić information content (AvgIpc) is 2.97. The second-order valence-corrected chi connectivity index (χ2v) is 6.77. The second-order valence-electron chi connectivity index (χ2n) is 6.77. The molecule has 0 saturated carbocycles. The van der Waals surface area contributed by atoms with Crippen molar-refractivity contribution in [1.29, 1.82) is 0 Å². The average molecular weight is 388 g/mol. The zero-order valence-electron chi connectivity index (χ0n) is 14.6. The van der Waals surface area contributed by atoms with Crippen molar-refractivity contribution in [3.05, 3.63) is 70.5 Å². The third-order valence-electron chi connectivity index (χ3n) is 5.21. The molecule has 8 heteroatoms. The molecule has 1 fully saturated rings. The first-order valence-corrected chi connectivity index (χ1v) is 8.80. The van der Waals surface area contributed by atoms with Gasteiger partial charge in [0.05, 0.1) is 16.7 Å². The summed E-state index contributed by atoms with van der Waals surface area (Å²) in [4.78, 5) is 40.1. The Bertz CT molecular complexity index is 965. The molecule has 2 aliphatic rings. The van der Waals surface area contributed by atoms with Crippen LogP contribution in [0.1, 0.15) is 43.9 Å². The molecular weight excluding hydrogens is 373 g/mol. The first-order valence-electron chi connectivity index (χ1n) is 8.80. The van der Waals surface area contributed by atoms with Gasteiger partial charge in [0.25, 0.3) is 17.7 Å². The maximum Gasteiger partial charge on any atom is 0.261 e. The first-order chi connectivity index (χ1) is 13.4. The molecule has 2 aromatic rings. The summed E-state index contributed by atoms with van der Waals surface area (Å²) in [6, 6.07) is 7.80. The van der Waals surface area contributed by atoms with Crippen LogP contribution in [0, 0.1) is 17.5 Å². The summed E-state index contributed by atoms with van der Waals surface area (Å²) in [6.45, 7) is 0.324. The largest absolute Gasteiger partial charge is 0.338 e. The van der Waals surface area contributed by atoms with E-state index in [1.54, 1.807) is 24.3 Å². The number of fused-ring (bicyclic) bond motifs is 1. The van der Waals surface area contributed by atoms with Crippen LogP contribution in [-0.4, -0.2) is 46.7 Å². The Balaban J connectivity index is 1.47. The first kappa shape index (κ1) is 18.2. The number of piperidine rings is 1. The highest BCUT2D eigenvalue weighted by atomic mass is 19.2. The van der Waals surface area contributed by atoms with Crippen LogP contribution < -0.4 is 0 Å². The van der Waals surface area contributed by atoms with Gasteiger partial charge in [-0.15, -0.1) is 0 Å². The number of halogens is 3. The Morgan fingerprint density at radius 2 is 1.43 bits per heavy atom. The lowest BCUT2D eigenvalue weighted by Gasteiger charge is -2.35. The lowest BCUT2D eigenvalue weighted by atomic mass is 10.0. The van der Waals surface area contributed by atoms with Crippen molar-refractivity contribution < 1.29 is 27.6 Å². The van der Waals surface area contributed by atoms with Crippen molar-refractivity contribution in [1.82, 2.24) is 9.80 Å². The Labute approximate surface area is 158 Å². The van der Waals surface area contributed by atoms with Crippen molar-refractivity contribution in [2.24, 2.45) is 0 Å². The summed E-state index contributed by atoms with van der Waals surface area (Å²) in [5.74, 6) is -6.05. The van der Waals surface area contributed by atoms with E-state index in [4.69, 9.17) is 0 Å². The van der Waals surface area contributed by atoms with E-state index in [0.29, 0.717) is 30.0 Å². The minimum absolute atomic E-state index is 0.162. The normalized spacial score (nSPS) is 17.2. The maximum absolute atomic E-state index is 13.9. The van der Waals surface area contributed by atoms with Gasteiger partial charge in [0.1, 0.15) is 0 Å². The predicted molar refractivity (Wildman–Crippen MR) is 92.2 cm³/mol. The van der Waals surface area contributed by atoms with Crippen LogP contribution in [-0.2, 0) is 0 Å². The highest BCUT2D eigenvalue weighted by molar-refractivity contribution is 6.21. The number of amides is 3. The van der Waals surface area contributed by atoms with Gasteiger partial charge in [-0.1, -0.05) is 12.1 Å². The Hall–Kier alpha value is -3.16. The van der Waals surface area contributed by atoms with Crippen LogP contribution in [0.2, 0.25) is 0 Å². The molecule has 0 aliphatic carbocycles. The fraction of sp³-hybridized carbons (Fsp3) is 0.250. The fourth-order valence-corrected chi connectivity index (χ4v) is 3.73. The smallest absolute Gasteiger partial charge is 0.261 e. The molecule has 0 bridgehead atoms. The monoisotopic (exact) mass is 388 g/mol. The summed E-state index contributed by atoms with van der Waals surface area (Å²) in [7, 11) is 0. The van der Waals surface area contributed by atoms with Gasteiger partial charge >= 0.3 is 0 Å². The van der Waals surface area contributed by atoms with E-state index >= 15 is 0 Å². The SMILES string of the molecule is O=C(c1ccc(F)c(F)c1F)N1CCC(N2C(=O)c3ccccc3C2=O)CC1. The maximum atomic E-state index is 13.9. The van der Waals surface area contributed by atoms with Crippen LogP contribution >= 0.6 is 0 Å². The number of likely N-dealkylation sites (tertiary alicyclic amines) is 1. The van der Waals surface area contributed by atoms with Crippen molar-refractivity contribution in [3.8, 4) is 0 Å². The van der Waals surface area contributed by atoms with E-state index in [2.05, 4.69) is 0 Å². The molecule has 0 aromatic heterocycles. The van der Waals surface area contributed by atoms with Crippen molar-refractivity contribution in [2.75, 3.05) is 13.1 Å². The van der Waals surface area contributed by atoms with Gasteiger partial charge in [-0.05, 0) is 37.1 Å². The van der Waals surface area contributed by atoms with Gasteiger partial charge in [0.15, 0.2) is 17.5 Å². The molecule has 5 nitrogen and oxygen atoms in total. The lowest BCUT2D eigenvalue weighted by molar-refractivity contribution is 0.0477. The highest BCUT2D eigenvalue weighted by Gasteiger charge is 2.41. The van der Waals surface area contributed by atoms with Crippen LogP contribution in [0.5, 0.6) is 0 Å². The quantitative estimate of drug-likeness (QED) is 0.587. The fourth-order valence-electron chi connectivity index (χ4n) is 3.73. The van der Waals surface area contributed by atoms with E-state index in [1.165, 1.54) is 9.80 Å². The summed E-state index contributed by atoms with van der Waals surface area (Å²) >= 11 is 0. The topological polar surface area (TPSA) is 57.7 Å². The second kappa shape index (κ2) is 6.78. The van der Waals surface area contributed by atoms with E-state index in [-0.39, 0.29) is 30.9 Å². The third-order valence-corrected chi connectivity index (χ3v) is 5.21. The van der Waals surface area contributed by atoms with Gasteiger partial charge < -0.3 is 4.90 Å². The molecule has 0 radical (unpaired) electrons. The van der Waals surface area contributed by atoms with Gasteiger partial charge in [0.2, 0.25) is 0 Å². The number of carbonyl (C=O) groups is 3. The Morgan fingerprint density at radius 3 is 2.00 bits per heavy atom. The van der Waals surface area contributed by atoms with E-state index in [9.17, 15) is 27.6 Å². The van der Waals surface area contributed by atoms with Gasteiger partial charge in [-0.2, -0.15) is 0 Å².